The summed E-state index contributed by atoms with van der Waals surface area (Å²) in [6, 6.07) is 0.702. The Morgan fingerprint density at radius 2 is 2.43 bits per heavy atom. The Morgan fingerprint density at radius 3 is 3.07 bits per heavy atom. The van der Waals surface area contributed by atoms with E-state index in [1.54, 1.807) is 0 Å². The summed E-state index contributed by atoms with van der Waals surface area (Å²) in [7, 11) is 2.05. The van der Waals surface area contributed by atoms with Crippen LogP contribution in [0.15, 0.2) is 0 Å². The Hall–Kier alpha value is -0.120. The molecule has 0 aromatic heterocycles. The van der Waals surface area contributed by atoms with Gasteiger partial charge in [0.15, 0.2) is 0 Å². The smallest absolute Gasteiger partial charge is 0.0622 e. The second-order valence-corrected chi connectivity index (χ2v) is 5.08. The molecule has 0 radical (unpaired) electrons. The molecule has 2 fully saturated rings. The van der Waals surface area contributed by atoms with Gasteiger partial charge in [-0.05, 0) is 31.8 Å². The van der Waals surface area contributed by atoms with Crippen molar-refractivity contribution in [2.75, 3.05) is 39.9 Å². The minimum atomic E-state index is 0.483. The first kappa shape index (κ1) is 10.4. The summed E-state index contributed by atoms with van der Waals surface area (Å²) in [5.74, 6) is 0. The van der Waals surface area contributed by atoms with E-state index >= 15 is 0 Å². The predicted octanol–water partition coefficient (Wildman–Crippen LogP) is 0.707. The largest absolute Gasteiger partial charge is 0.380 e. The molecule has 2 heterocycles. The third kappa shape index (κ3) is 2.10. The normalized spacial score (nSPS) is 39.4. The number of ether oxygens (including phenoxy) is 1. The lowest BCUT2D eigenvalue weighted by atomic mass is 9.90. The van der Waals surface area contributed by atoms with Crippen molar-refractivity contribution in [1.82, 2.24) is 10.2 Å². The number of rotatable bonds is 3. The number of hydrogen-bond acceptors (Lipinski definition) is 3. The number of nitrogens with one attached hydrogen (secondary N) is 1. The molecule has 2 aliphatic heterocycles. The Morgan fingerprint density at radius 1 is 1.57 bits per heavy atom. The van der Waals surface area contributed by atoms with Crippen molar-refractivity contribution >= 4 is 0 Å². The van der Waals surface area contributed by atoms with Gasteiger partial charge in [0.2, 0.25) is 0 Å². The molecule has 0 bridgehead atoms. The first-order valence-corrected chi connectivity index (χ1v) is 5.70. The fraction of sp³-hybridized carbons (Fsp3) is 1.00. The molecule has 0 aromatic rings. The highest BCUT2D eigenvalue weighted by Crippen LogP contribution is 2.31. The van der Waals surface area contributed by atoms with Gasteiger partial charge in [-0.2, -0.15) is 0 Å². The lowest BCUT2D eigenvalue weighted by Gasteiger charge is -2.27. The highest BCUT2D eigenvalue weighted by atomic mass is 16.5. The van der Waals surface area contributed by atoms with Crippen LogP contribution >= 0.6 is 0 Å². The van der Waals surface area contributed by atoms with E-state index in [2.05, 4.69) is 17.1 Å². The van der Waals surface area contributed by atoms with Crippen molar-refractivity contribution in [2.24, 2.45) is 5.41 Å². The molecular formula is C11H22N2O. The molecule has 3 nitrogen and oxygen atoms in total. The van der Waals surface area contributed by atoms with E-state index < -0.39 is 0 Å². The standard InChI is InChI=1S/C11H22N2O/c1-11(8-12-2)4-5-13(9-11)10-3-6-14-7-10/h10,12H,3-9H2,1-2H3. The summed E-state index contributed by atoms with van der Waals surface area (Å²) in [6.07, 6.45) is 2.56. The minimum absolute atomic E-state index is 0.483. The quantitative estimate of drug-likeness (QED) is 0.723. The van der Waals surface area contributed by atoms with Crippen LogP contribution in [0.1, 0.15) is 19.8 Å². The van der Waals surface area contributed by atoms with Crippen molar-refractivity contribution in [3.63, 3.8) is 0 Å². The maximum atomic E-state index is 5.44. The van der Waals surface area contributed by atoms with Gasteiger partial charge in [-0.15, -0.1) is 0 Å². The summed E-state index contributed by atoms with van der Waals surface area (Å²) >= 11 is 0. The third-order valence-corrected chi connectivity index (χ3v) is 3.61. The molecule has 0 amide bonds. The molecule has 2 saturated heterocycles. The molecule has 2 aliphatic rings. The SMILES string of the molecule is CNCC1(C)CCN(C2CCOC2)C1. The molecule has 1 N–H and O–H groups in total. The number of likely N-dealkylation sites (tertiary alicyclic amines) is 1. The van der Waals surface area contributed by atoms with Gasteiger partial charge in [0.25, 0.3) is 0 Å². The second-order valence-electron chi connectivity index (χ2n) is 5.08. The first-order chi connectivity index (χ1) is 6.73. The van der Waals surface area contributed by atoms with Crippen LogP contribution in [-0.2, 0) is 4.74 Å². The fourth-order valence-electron chi connectivity index (χ4n) is 2.75. The highest BCUT2D eigenvalue weighted by molar-refractivity contribution is 4.91. The average molecular weight is 198 g/mol. The Balaban J connectivity index is 1.86. The van der Waals surface area contributed by atoms with Crippen molar-refractivity contribution in [3.8, 4) is 0 Å². The summed E-state index contributed by atoms with van der Waals surface area (Å²) < 4.78 is 5.44. The summed E-state index contributed by atoms with van der Waals surface area (Å²) in [4.78, 5) is 2.62. The van der Waals surface area contributed by atoms with Crippen molar-refractivity contribution in [3.05, 3.63) is 0 Å². The Bertz CT molecular complexity index is 192. The van der Waals surface area contributed by atoms with E-state index in [9.17, 15) is 0 Å². The van der Waals surface area contributed by atoms with Crippen LogP contribution in [0.25, 0.3) is 0 Å². The van der Waals surface area contributed by atoms with Crippen LogP contribution in [0.4, 0.5) is 0 Å². The van der Waals surface area contributed by atoms with Crippen molar-refractivity contribution in [2.45, 2.75) is 25.8 Å². The van der Waals surface area contributed by atoms with Gasteiger partial charge in [0.1, 0.15) is 0 Å². The molecule has 0 aromatic carbocycles. The number of nitrogens with zero attached hydrogens (tertiary/aromatic N) is 1. The molecule has 3 heteroatoms. The average Bonchev–Trinajstić information content (AvgIpc) is 2.73. The Kier molecular flexibility index (Phi) is 3.10. The molecule has 2 unspecified atom stereocenters. The highest BCUT2D eigenvalue weighted by Gasteiger charge is 2.37. The van der Waals surface area contributed by atoms with Gasteiger partial charge >= 0.3 is 0 Å². The Labute approximate surface area is 86.8 Å². The molecule has 0 saturated carbocycles. The molecule has 2 rings (SSSR count). The van der Waals surface area contributed by atoms with Crippen LogP contribution in [0.5, 0.6) is 0 Å². The van der Waals surface area contributed by atoms with Crippen LogP contribution < -0.4 is 5.32 Å². The molecule has 82 valence electrons. The van der Waals surface area contributed by atoms with Crippen LogP contribution in [0, 0.1) is 5.41 Å². The van der Waals surface area contributed by atoms with Gasteiger partial charge in [-0.1, -0.05) is 6.92 Å². The van der Waals surface area contributed by atoms with Crippen molar-refractivity contribution in [1.29, 1.82) is 0 Å². The van der Waals surface area contributed by atoms with E-state index in [1.165, 1.54) is 25.9 Å². The van der Waals surface area contributed by atoms with Gasteiger partial charge in [0, 0.05) is 25.7 Å². The minimum Gasteiger partial charge on any atom is -0.380 e. The van der Waals surface area contributed by atoms with Gasteiger partial charge in [-0.3, -0.25) is 4.90 Å². The zero-order chi connectivity index (χ0) is 10.0. The van der Waals surface area contributed by atoms with E-state index in [0.29, 0.717) is 11.5 Å². The van der Waals surface area contributed by atoms with Crippen LogP contribution in [0.3, 0.4) is 0 Å². The summed E-state index contributed by atoms with van der Waals surface area (Å²) in [6.45, 7) is 7.93. The molecular weight excluding hydrogens is 176 g/mol. The third-order valence-electron chi connectivity index (χ3n) is 3.61. The summed E-state index contributed by atoms with van der Waals surface area (Å²) in [5, 5.41) is 3.30. The van der Waals surface area contributed by atoms with Crippen molar-refractivity contribution < 1.29 is 4.74 Å². The lowest BCUT2D eigenvalue weighted by molar-refractivity contribution is 0.151. The zero-order valence-corrected chi connectivity index (χ0v) is 9.38. The number of hydrogen-bond donors (Lipinski definition) is 1. The molecule has 0 aliphatic carbocycles. The molecule has 0 spiro atoms. The van der Waals surface area contributed by atoms with Crippen LogP contribution in [-0.4, -0.2) is 50.8 Å². The van der Waals surface area contributed by atoms with E-state index in [1.807, 2.05) is 7.05 Å². The monoisotopic (exact) mass is 198 g/mol. The summed E-state index contributed by atoms with van der Waals surface area (Å²) in [5.41, 5.74) is 0.483. The molecule has 2 atom stereocenters. The van der Waals surface area contributed by atoms with Gasteiger partial charge < -0.3 is 10.1 Å². The van der Waals surface area contributed by atoms with Gasteiger partial charge in [0.05, 0.1) is 6.61 Å². The second kappa shape index (κ2) is 4.17. The van der Waals surface area contributed by atoms with E-state index in [4.69, 9.17) is 4.74 Å². The van der Waals surface area contributed by atoms with Crippen LogP contribution in [0.2, 0.25) is 0 Å². The first-order valence-electron chi connectivity index (χ1n) is 5.70. The lowest BCUT2D eigenvalue weighted by Crippen LogP contribution is -2.38. The molecule has 14 heavy (non-hydrogen) atoms. The van der Waals surface area contributed by atoms with Gasteiger partial charge in [-0.25, -0.2) is 0 Å². The maximum absolute atomic E-state index is 5.44. The van der Waals surface area contributed by atoms with E-state index in [0.717, 1.165) is 19.8 Å². The fourth-order valence-corrected chi connectivity index (χ4v) is 2.75. The zero-order valence-electron chi connectivity index (χ0n) is 9.38. The van der Waals surface area contributed by atoms with E-state index in [-0.39, 0.29) is 0 Å². The topological polar surface area (TPSA) is 24.5 Å². The maximum Gasteiger partial charge on any atom is 0.0622 e. The predicted molar refractivity (Wildman–Crippen MR) is 57.4 cm³/mol.